The Morgan fingerprint density at radius 2 is 1.93 bits per heavy atom. The Bertz CT molecular complexity index is 615. The minimum atomic E-state index is -1.59. The second kappa shape index (κ2) is 8.23. The number of aliphatic hydroxyl groups is 5. The van der Waals surface area contributed by atoms with Crippen molar-refractivity contribution in [1.29, 1.82) is 0 Å². The van der Waals surface area contributed by atoms with E-state index in [1.54, 1.807) is 6.08 Å². The minimum Gasteiger partial charge on any atom is -0.471 e. The molecule has 1 fully saturated rings. The predicted molar refractivity (Wildman–Crippen MR) is 86.6 cm³/mol. The van der Waals surface area contributed by atoms with E-state index in [0.717, 1.165) is 0 Å². The molecule has 0 radical (unpaired) electrons. The summed E-state index contributed by atoms with van der Waals surface area (Å²) in [4.78, 5) is 12.0. The molecule has 8 atom stereocenters. The van der Waals surface area contributed by atoms with Gasteiger partial charge in [0.1, 0.15) is 24.4 Å². The van der Waals surface area contributed by atoms with Crippen LogP contribution in [0, 0.1) is 11.8 Å². The van der Waals surface area contributed by atoms with Crippen molar-refractivity contribution in [2.45, 2.75) is 43.4 Å². The highest BCUT2D eigenvalue weighted by Crippen LogP contribution is 2.44. The van der Waals surface area contributed by atoms with Crippen molar-refractivity contribution in [2.75, 3.05) is 20.3 Å². The summed E-state index contributed by atoms with van der Waals surface area (Å²) in [5.41, 5.74) is 0.903. The zero-order valence-electron chi connectivity index (χ0n) is 14.7. The number of hydrogen-bond acceptors (Lipinski definition) is 10. The molecule has 10 nitrogen and oxygen atoms in total. The lowest BCUT2D eigenvalue weighted by atomic mass is 9.83. The minimum absolute atomic E-state index is 0.270. The molecule has 2 heterocycles. The molecule has 3 aliphatic rings. The van der Waals surface area contributed by atoms with Gasteiger partial charge >= 0.3 is 5.97 Å². The summed E-state index contributed by atoms with van der Waals surface area (Å²) in [6.07, 6.45) is -4.73. The second-order valence-corrected chi connectivity index (χ2v) is 6.71. The third-order valence-corrected chi connectivity index (χ3v) is 5.24. The number of fused-ring (bicyclic) bond motifs is 1. The highest BCUT2D eigenvalue weighted by molar-refractivity contribution is 5.89. The fourth-order valence-corrected chi connectivity index (χ4v) is 3.73. The summed E-state index contributed by atoms with van der Waals surface area (Å²) in [7, 11) is 1.25. The van der Waals surface area contributed by atoms with Gasteiger partial charge in [0.2, 0.25) is 6.29 Å². The number of carbonyl (C=O) groups is 1. The first-order valence-corrected chi connectivity index (χ1v) is 8.62. The van der Waals surface area contributed by atoms with Crippen molar-refractivity contribution < 1.29 is 49.3 Å². The van der Waals surface area contributed by atoms with Gasteiger partial charge in [-0.2, -0.15) is 0 Å². The van der Waals surface area contributed by atoms with E-state index in [1.807, 2.05) is 0 Å². The number of hydrogen-bond donors (Lipinski definition) is 5. The van der Waals surface area contributed by atoms with Gasteiger partial charge in [0.15, 0.2) is 6.29 Å². The molecule has 0 spiro atoms. The van der Waals surface area contributed by atoms with Crippen LogP contribution in [-0.4, -0.2) is 88.8 Å². The van der Waals surface area contributed by atoms with Crippen molar-refractivity contribution >= 4 is 5.97 Å². The fraction of sp³-hybridized carbons (Fsp3) is 0.706. The number of methoxy groups -OCH3 is 1. The Morgan fingerprint density at radius 1 is 1.19 bits per heavy atom. The smallest absolute Gasteiger partial charge is 0.337 e. The van der Waals surface area contributed by atoms with E-state index in [1.165, 1.54) is 13.4 Å². The molecule has 0 saturated carbocycles. The van der Waals surface area contributed by atoms with Crippen LogP contribution in [-0.2, 0) is 23.7 Å². The number of aliphatic hydroxyl groups excluding tert-OH is 5. The van der Waals surface area contributed by atoms with Crippen LogP contribution in [0.3, 0.4) is 0 Å². The molecule has 1 saturated heterocycles. The molecule has 0 bridgehead atoms. The summed E-state index contributed by atoms with van der Waals surface area (Å²) in [5.74, 6) is -1.42. The highest BCUT2D eigenvalue weighted by Gasteiger charge is 2.49. The van der Waals surface area contributed by atoms with Gasteiger partial charge in [-0.3, -0.25) is 0 Å². The van der Waals surface area contributed by atoms with Gasteiger partial charge in [-0.15, -0.1) is 0 Å². The van der Waals surface area contributed by atoms with Gasteiger partial charge in [-0.1, -0.05) is 6.08 Å². The average molecular weight is 388 g/mol. The molecule has 3 rings (SSSR count). The molecular weight excluding hydrogens is 364 g/mol. The van der Waals surface area contributed by atoms with Crippen molar-refractivity contribution in [1.82, 2.24) is 0 Å². The normalized spacial score (nSPS) is 41.3. The Hall–Kier alpha value is -1.53. The maximum atomic E-state index is 12.0. The SMILES string of the molecule is COC(=O)C1=CO[C@H](O[C@H]2O[C@@H](CO)[C@H](O)[C@H](O)[C@H]2O)[C@H]2C(CO)=CC[C@@H]12. The summed E-state index contributed by atoms with van der Waals surface area (Å²) >= 11 is 0. The van der Waals surface area contributed by atoms with Crippen molar-refractivity contribution in [2.24, 2.45) is 11.8 Å². The monoisotopic (exact) mass is 388 g/mol. The van der Waals surface area contributed by atoms with Crippen LogP contribution >= 0.6 is 0 Å². The van der Waals surface area contributed by atoms with E-state index in [0.29, 0.717) is 17.6 Å². The first kappa shape index (κ1) is 20.2. The van der Waals surface area contributed by atoms with Crippen LogP contribution in [0.15, 0.2) is 23.5 Å². The Morgan fingerprint density at radius 3 is 2.56 bits per heavy atom. The van der Waals surface area contributed by atoms with E-state index < -0.39 is 55.5 Å². The zero-order chi connectivity index (χ0) is 19.7. The molecule has 0 aromatic carbocycles. The quantitative estimate of drug-likeness (QED) is 0.258. The van der Waals surface area contributed by atoms with E-state index in [2.05, 4.69) is 0 Å². The van der Waals surface area contributed by atoms with Crippen molar-refractivity contribution in [3.8, 4) is 0 Å². The van der Waals surface area contributed by atoms with Gasteiger partial charge in [0.05, 0.1) is 38.1 Å². The Kier molecular flexibility index (Phi) is 6.16. The molecule has 0 aromatic rings. The van der Waals surface area contributed by atoms with Crippen molar-refractivity contribution in [3.05, 3.63) is 23.5 Å². The summed E-state index contributed by atoms with van der Waals surface area (Å²) < 4.78 is 21.3. The summed E-state index contributed by atoms with van der Waals surface area (Å²) in [5, 5.41) is 48.8. The highest BCUT2D eigenvalue weighted by atomic mass is 16.8. The number of esters is 1. The van der Waals surface area contributed by atoms with Gasteiger partial charge in [-0.05, 0) is 12.0 Å². The first-order valence-electron chi connectivity index (χ1n) is 8.62. The summed E-state index contributed by atoms with van der Waals surface area (Å²) in [6, 6.07) is 0. The zero-order valence-corrected chi connectivity index (χ0v) is 14.7. The van der Waals surface area contributed by atoms with Crippen LogP contribution in [0.5, 0.6) is 0 Å². The summed E-state index contributed by atoms with van der Waals surface area (Å²) in [6.45, 7) is -0.857. The number of allylic oxidation sites excluding steroid dienone is 1. The number of rotatable bonds is 5. The fourth-order valence-electron chi connectivity index (χ4n) is 3.73. The maximum absolute atomic E-state index is 12.0. The lowest BCUT2D eigenvalue weighted by Gasteiger charge is -2.42. The van der Waals surface area contributed by atoms with E-state index in [-0.39, 0.29) is 12.5 Å². The van der Waals surface area contributed by atoms with Crippen LogP contribution < -0.4 is 0 Å². The molecular formula is C17H24O10. The van der Waals surface area contributed by atoms with Gasteiger partial charge in [-0.25, -0.2) is 4.79 Å². The van der Waals surface area contributed by atoms with Gasteiger partial charge < -0.3 is 44.5 Å². The van der Waals surface area contributed by atoms with Gasteiger partial charge in [0, 0.05) is 5.92 Å². The molecule has 0 unspecified atom stereocenters. The van der Waals surface area contributed by atoms with Crippen molar-refractivity contribution in [3.63, 3.8) is 0 Å². The Labute approximate surface area is 155 Å². The number of ether oxygens (including phenoxy) is 4. The lowest BCUT2D eigenvalue weighted by molar-refractivity contribution is -0.339. The topological polar surface area (TPSA) is 155 Å². The van der Waals surface area contributed by atoms with Gasteiger partial charge in [0.25, 0.3) is 0 Å². The standard InChI is InChI=1S/C17H24O10/c1-24-15(23)9-6-25-16(11-7(4-18)2-3-8(9)11)27-17-14(22)13(21)12(20)10(5-19)26-17/h2,6,8,10-14,16-22H,3-5H2,1H3/t8-,10-,11-,12-,13-,14+,16+,17+/m0/s1. The van der Waals surface area contributed by atoms with E-state index >= 15 is 0 Å². The lowest BCUT2D eigenvalue weighted by Crippen LogP contribution is -2.60. The average Bonchev–Trinajstić information content (AvgIpc) is 3.12. The Balaban J connectivity index is 1.80. The largest absolute Gasteiger partial charge is 0.471 e. The molecule has 1 aliphatic carbocycles. The third-order valence-electron chi connectivity index (χ3n) is 5.24. The number of carbonyl (C=O) groups excluding carboxylic acids is 1. The van der Waals surface area contributed by atoms with Crippen LogP contribution in [0.4, 0.5) is 0 Å². The molecule has 152 valence electrons. The predicted octanol–water partition coefficient (Wildman–Crippen LogP) is -2.23. The molecule has 10 heteroatoms. The van der Waals surface area contributed by atoms with E-state index in [9.17, 15) is 30.3 Å². The van der Waals surface area contributed by atoms with Crippen LogP contribution in [0.2, 0.25) is 0 Å². The maximum Gasteiger partial charge on any atom is 0.337 e. The first-order chi connectivity index (χ1) is 12.9. The van der Waals surface area contributed by atoms with Crippen LogP contribution in [0.25, 0.3) is 0 Å². The van der Waals surface area contributed by atoms with Crippen LogP contribution in [0.1, 0.15) is 6.42 Å². The molecule has 5 N–H and O–H groups in total. The molecule has 0 aromatic heterocycles. The van der Waals surface area contributed by atoms with E-state index in [4.69, 9.17) is 18.9 Å². The molecule has 0 amide bonds. The molecule has 2 aliphatic heterocycles. The second-order valence-electron chi connectivity index (χ2n) is 6.71. The third kappa shape index (κ3) is 3.61. The molecule has 27 heavy (non-hydrogen) atoms.